The Balaban J connectivity index is 1.51. The molecule has 2 heterocycles. The van der Waals surface area contributed by atoms with E-state index >= 15 is 0 Å². The van der Waals surface area contributed by atoms with E-state index in [4.69, 9.17) is 4.74 Å². The lowest BCUT2D eigenvalue weighted by Gasteiger charge is -2.12. The van der Waals surface area contributed by atoms with E-state index in [1.165, 1.54) is 0 Å². The molecule has 3 N–H and O–H groups in total. The molecular weight excluding hydrogens is 414 g/mol. The van der Waals surface area contributed by atoms with Crippen LogP contribution in [0.2, 0.25) is 0 Å². The minimum atomic E-state index is -3.54. The molecule has 0 radical (unpaired) electrons. The van der Waals surface area contributed by atoms with Gasteiger partial charge in [0.05, 0.1) is 17.5 Å². The SMILES string of the molecule is CCNC(=NCc1ccc(S(=O)(=O)NCC2CCCO2)cc1)NCCc1ccccn1. The van der Waals surface area contributed by atoms with Crippen LogP contribution in [0.4, 0.5) is 0 Å². The molecule has 0 bridgehead atoms. The third kappa shape index (κ3) is 7.61. The largest absolute Gasteiger partial charge is 0.377 e. The molecule has 0 spiro atoms. The predicted octanol–water partition coefficient (Wildman–Crippen LogP) is 1.84. The van der Waals surface area contributed by atoms with E-state index in [2.05, 4.69) is 25.3 Å². The van der Waals surface area contributed by atoms with E-state index < -0.39 is 10.0 Å². The predicted molar refractivity (Wildman–Crippen MR) is 121 cm³/mol. The van der Waals surface area contributed by atoms with Crippen molar-refractivity contribution in [3.8, 4) is 0 Å². The van der Waals surface area contributed by atoms with Crippen LogP contribution in [0, 0.1) is 0 Å². The van der Waals surface area contributed by atoms with Gasteiger partial charge in [-0.1, -0.05) is 18.2 Å². The molecule has 168 valence electrons. The van der Waals surface area contributed by atoms with Crippen LogP contribution >= 0.6 is 0 Å². The van der Waals surface area contributed by atoms with Crippen LogP contribution in [0.1, 0.15) is 31.0 Å². The zero-order valence-electron chi connectivity index (χ0n) is 17.9. The van der Waals surface area contributed by atoms with Gasteiger partial charge in [0.1, 0.15) is 0 Å². The lowest BCUT2D eigenvalue weighted by molar-refractivity contribution is 0.114. The first-order valence-corrected chi connectivity index (χ1v) is 12.2. The number of sulfonamides is 1. The zero-order valence-corrected chi connectivity index (χ0v) is 18.7. The summed E-state index contributed by atoms with van der Waals surface area (Å²) in [6, 6.07) is 12.7. The number of hydrogen-bond acceptors (Lipinski definition) is 5. The van der Waals surface area contributed by atoms with Gasteiger partial charge in [-0.2, -0.15) is 0 Å². The molecule has 1 fully saturated rings. The lowest BCUT2D eigenvalue weighted by Crippen LogP contribution is -2.38. The summed E-state index contributed by atoms with van der Waals surface area (Å²) in [5.41, 5.74) is 1.95. The van der Waals surface area contributed by atoms with Crippen molar-refractivity contribution in [2.45, 2.75) is 43.7 Å². The first kappa shape index (κ1) is 23.2. The maximum atomic E-state index is 12.5. The highest BCUT2D eigenvalue weighted by atomic mass is 32.2. The summed E-state index contributed by atoms with van der Waals surface area (Å²) in [5, 5.41) is 6.52. The number of hydrogen-bond donors (Lipinski definition) is 3. The van der Waals surface area contributed by atoms with E-state index in [1.807, 2.05) is 25.1 Å². The van der Waals surface area contributed by atoms with Gasteiger partial charge in [0, 0.05) is 44.6 Å². The van der Waals surface area contributed by atoms with Gasteiger partial charge in [0.2, 0.25) is 10.0 Å². The molecule has 1 aliphatic heterocycles. The van der Waals surface area contributed by atoms with Crippen molar-refractivity contribution < 1.29 is 13.2 Å². The fourth-order valence-corrected chi connectivity index (χ4v) is 4.30. The molecule has 2 aromatic rings. The fourth-order valence-electron chi connectivity index (χ4n) is 3.23. The second-order valence-corrected chi connectivity index (χ2v) is 9.09. The molecule has 1 atom stereocenters. The number of nitrogens with one attached hydrogen (secondary N) is 3. The summed E-state index contributed by atoms with van der Waals surface area (Å²) in [4.78, 5) is 9.15. The number of pyridine rings is 1. The third-order valence-corrected chi connectivity index (χ3v) is 6.36. The molecule has 0 aliphatic carbocycles. The monoisotopic (exact) mass is 445 g/mol. The third-order valence-electron chi connectivity index (χ3n) is 4.92. The Morgan fingerprint density at radius 3 is 2.71 bits per heavy atom. The Kier molecular flexibility index (Phi) is 8.81. The molecule has 0 amide bonds. The van der Waals surface area contributed by atoms with Crippen LogP contribution in [0.15, 0.2) is 58.5 Å². The minimum absolute atomic E-state index is 0.0296. The van der Waals surface area contributed by atoms with Crippen LogP contribution in [0.25, 0.3) is 0 Å². The second-order valence-electron chi connectivity index (χ2n) is 7.32. The summed E-state index contributed by atoms with van der Waals surface area (Å²) in [6.07, 6.45) is 4.43. The Labute approximate surface area is 184 Å². The van der Waals surface area contributed by atoms with Crippen molar-refractivity contribution in [3.05, 3.63) is 59.9 Å². The van der Waals surface area contributed by atoms with E-state index in [-0.39, 0.29) is 11.0 Å². The van der Waals surface area contributed by atoms with Crippen LogP contribution in [0.5, 0.6) is 0 Å². The van der Waals surface area contributed by atoms with Crippen LogP contribution in [0.3, 0.4) is 0 Å². The number of nitrogens with zero attached hydrogens (tertiary/aromatic N) is 2. The molecule has 1 aromatic carbocycles. The van der Waals surface area contributed by atoms with Crippen molar-refractivity contribution in [2.24, 2.45) is 4.99 Å². The Bertz CT molecular complexity index is 927. The average molecular weight is 446 g/mol. The molecule has 1 aromatic heterocycles. The van der Waals surface area contributed by atoms with Crippen molar-refractivity contribution in [3.63, 3.8) is 0 Å². The maximum Gasteiger partial charge on any atom is 0.240 e. The van der Waals surface area contributed by atoms with E-state index in [9.17, 15) is 8.42 Å². The minimum Gasteiger partial charge on any atom is -0.377 e. The van der Waals surface area contributed by atoms with Gasteiger partial charge in [-0.25, -0.2) is 18.1 Å². The number of aromatic nitrogens is 1. The van der Waals surface area contributed by atoms with Gasteiger partial charge in [-0.3, -0.25) is 4.98 Å². The van der Waals surface area contributed by atoms with Crippen LogP contribution in [-0.2, 0) is 27.7 Å². The molecule has 1 saturated heterocycles. The zero-order chi connectivity index (χ0) is 21.9. The van der Waals surface area contributed by atoms with Crippen LogP contribution in [-0.4, -0.2) is 51.7 Å². The van der Waals surface area contributed by atoms with Crippen molar-refractivity contribution in [2.75, 3.05) is 26.2 Å². The second kappa shape index (κ2) is 11.8. The molecule has 1 unspecified atom stereocenters. The highest BCUT2D eigenvalue weighted by Gasteiger charge is 2.20. The number of guanidine groups is 1. The molecule has 9 heteroatoms. The summed E-state index contributed by atoms with van der Waals surface area (Å²) in [6.45, 7) is 4.94. The summed E-state index contributed by atoms with van der Waals surface area (Å²) in [5.74, 6) is 0.716. The Morgan fingerprint density at radius 1 is 1.19 bits per heavy atom. The number of aliphatic imine (C=N–C) groups is 1. The lowest BCUT2D eigenvalue weighted by atomic mass is 10.2. The number of ether oxygens (including phenoxy) is 1. The molecule has 0 saturated carbocycles. The highest BCUT2D eigenvalue weighted by molar-refractivity contribution is 7.89. The van der Waals surface area contributed by atoms with Crippen molar-refractivity contribution >= 4 is 16.0 Å². The van der Waals surface area contributed by atoms with Crippen LogP contribution < -0.4 is 15.4 Å². The van der Waals surface area contributed by atoms with Gasteiger partial charge < -0.3 is 15.4 Å². The summed E-state index contributed by atoms with van der Waals surface area (Å²) >= 11 is 0. The number of rotatable bonds is 10. The fraction of sp³-hybridized carbons (Fsp3) is 0.455. The Hall–Kier alpha value is -2.49. The van der Waals surface area contributed by atoms with Gasteiger partial charge in [0.25, 0.3) is 0 Å². The molecule has 8 nitrogen and oxygen atoms in total. The topological polar surface area (TPSA) is 105 Å². The average Bonchev–Trinajstić information content (AvgIpc) is 3.31. The van der Waals surface area contributed by atoms with Gasteiger partial charge in [-0.15, -0.1) is 0 Å². The smallest absolute Gasteiger partial charge is 0.240 e. The van der Waals surface area contributed by atoms with E-state index in [0.29, 0.717) is 25.7 Å². The molecule has 31 heavy (non-hydrogen) atoms. The summed E-state index contributed by atoms with van der Waals surface area (Å²) in [7, 11) is -3.54. The quantitative estimate of drug-likeness (QED) is 0.381. The van der Waals surface area contributed by atoms with Crippen molar-refractivity contribution in [1.29, 1.82) is 0 Å². The maximum absolute atomic E-state index is 12.5. The highest BCUT2D eigenvalue weighted by Crippen LogP contribution is 2.14. The van der Waals surface area contributed by atoms with E-state index in [0.717, 1.165) is 43.6 Å². The molecule has 1 aliphatic rings. The molecule has 3 rings (SSSR count). The van der Waals surface area contributed by atoms with Gasteiger partial charge >= 0.3 is 0 Å². The normalized spacial score (nSPS) is 16.9. The number of benzene rings is 1. The first-order chi connectivity index (χ1) is 15.1. The standard InChI is InChI=1S/C22H31N5O3S/c1-2-23-22(25-14-12-19-6-3-4-13-24-19)26-16-18-8-10-21(11-9-18)31(28,29)27-17-20-7-5-15-30-20/h3-4,6,8-11,13,20,27H,2,5,7,12,14-17H2,1H3,(H2,23,25,26). The van der Waals surface area contributed by atoms with Gasteiger partial charge in [0.15, 0.2) is 5.96 Å². The Morgan fingerprint density at radius 2 is 2.03 bits per heavy atom. The first-order valence-electron chi connectivity index (χ1n) is 10.7. The van der Waals surface area contributed by atoms with Gasteiger partial charge in [-0.05, 0) is 49.6 Å². The molecular formula is C22H31N5O3S. The van der Waals surface area contributed by atoms with Crippen molar-refractivity contribution in [1.82, 2.24) is 20.3 Å². The van der Waals surface area contributed by atoms with E-state index in [1.54, 1.807) is 30.5 Å². The summed E-state index contributed by atoms with van der Waals surface area (Å²) < 4.78 is 33.0.